The Bertz CT molecular complexity index is 776. The Hall–Kier alpha value is -3.48. The van der Waals surface area contributed by atoms with Gasteiger partial charge in [0.1, 0.15) is 12.1 Å². The summed E-state index contributed by atoms with van der Waals surface area (Å²) in [6, 6.07) is -3.24. The van der Waals surface area contributed by atoms with Crippen molar-refractivity contribution in [3.05, 3.63) is 18.2 Å². The van der Waals surface area contributed by atoms with Gasteiger partial charge in [-0.2, -0.15) is 0 Å². The number of H-pyrrole nitrogens is 1. The van der Waals surface area contributed by atoms with Gasteiger partial charge >= 0.3 is 11.9 Å². The lowest BCUT2D eigenvalue weighted by molar-refractivity contribution is -0.147. The summed E-state index contributed by atoms with van der Waals surface area (Å²) in [6.07, 6.45) is 3.44. The second-order valence-corrected chi connectivity index (χ2v) is 6.77. The van der Waals surface area contributed by atoms with Gasteiger partial charge in [-0.05, 0) is 19.4 Å². The molecule has 164 valence electrons. The highest BCUT2D eigenvalue weighted by molar-refractivity contribution is 5.93. The molecule has 1 saturated heterocycles. The quantitative estimate of drug-likeness (QED) is 0.198. The standard InChI is InChI=1S/C17H24N6O7/c24-13(7-20-15(27)10-2-1-3-19-10)22-11(4-9-6-18-8-21-9)16(28)23-12(17(29)30)5-14(25)26/h6,8,10-12,19H,1-5,7H2,(H,18,21)(H,20,27)(H,22,24)(H,23,28)(H,25,26)(H,29,30). The molecular formula is C17H24N6O7. The van der Waals surface area contributed by atoms with E-state index in [4.69, 9.17) is 10.2 Å². The number of nitrogens with one attached hydrogen (secondary N) is 5. The monoisotopic (exact) mass is 424 g/mol. The summed E-state index contributed by atoms with van der Waals surface area (Å²) in [4.78, 5) is 65.3. The molecule has 2 heterocycles. The molecule has 0 spiro atoms. The maximum Gasteiger partial charge on any atom is 0.326 e. The number of amides is 3. The third kappa shape index (κ3) is 7.16. The smallest absolute Gasteiger partial charge is 0.326 e. The van der Waals surface area contributed by atoms with Gasteiger partial charge in [0.2, 0.25) is 17.7 Å². The van der Waals surface area contributed by atoms with Gasteiger partial charge in [0.05, 0.1) is 25.3 Å². The van der Waals surface area contributed by atoms with E-state index in [0.29, 0.717) is 12.1 Å². The zero-order valence-electron chi connectivity index (χ0n) is 16.0. The van der Waals surface area contributed by atoms with Gasteiger partial charge < -0.3 is 36.5 Å². The summed E-state index contributed by atoms with van der Waals surface area (Å²) in [6.45, 7) is 0.346. The second kappa shape index (κ2) is 10.9. The number of carboxylic acid groups (broad SMARTS) is 2. The number of carboxylic acids is 2. The SMILES string of the molecule is O=C(O)CC(NC(=O)C(Cc1cnc[nH]1)NC(=O)CNC(=O)C1CCCN1)C(=O)O. The van der Waals surface area contributed by atoms with Crippen molar-refractivity contribution in [1.29, 1.82) is 0 Å². The van der Waals surface area contributed by atoms with Gasteiger partial charge in [-0.25, -0.2) is 9.78 Å². The Morgan fingerprint density at radius 1 is 1.17 bits per heavy atom. The topological polar surface area (TPSA) is 203 Å². The van der Waals surface area contributed by atoms with Crippen LogP contribution in [-0.2, 0) is 30.4 Å². The van der Waals surface area contributed by atoms with E-state index in [2.05, 4.69) is 31.2 Å². The molecule has 3 amide bonds. The van der Waals surface area contributed by atoms with Crippen molar-refractivity contribution in [3.63, 3.8) is 0 Å². The fraction of sp³-hybridized carbons (Fsp3) is 0.529. The number of aromatic amines is 1. The number of aromatic nitrogens is 2. The number of hydrogen-bond donors (Lipinski definition) is 7. The van der Waals surface area contributed by atoms with E-state index in [9.17, 15) is 24.0 Å². The molecule has 7 N–H and O–H groups in total. The van der Waals surface area contributed by atoms with E-state index in [1.165, 1.54) is 12.5 Å². The lowest BCUT2D eigenvalue weighted by Crippen LogP contribution is -2.54. The molecule has 1 aromatic rings. The minimum Gasteiger partial charge on any atom is -0.481 e. The molecule has 0 radical (unpaired) electrons. The molecule has 0 bridgehead atoms. The highest BCUT2D eigenvalue weighted by Crippen LogP contribution is 2.04. The van der Waals surface area contributed by atoms with Crippen molar-refractivity contribution < 1.29 is 34.2 Å². The average Bonchev–Trinajstić information content (AvgIpc) is 3.38. The maximum atomic E-state index is 12.5. The van der Waals surface area contributed by atoms with Gasteiger partial charge in [-0.15, -0.1) is 0 Å². The molecule has 0 saturated carbocycles. The molecule has 1 aliphatic rings. The molecular weight excluding hydrogens is 400 g/mol. The van der Waals surface area contributed by atoms with Crippen LogP contribution in [0.3, 0.4) is 0 Å². The van der Waals surface area contributed by atoms with Crippen LogP contribution < -0.4 is 21.3 Å². The number of carbonyl (C=O) groups is 5. The first-order valence-electron chi connectivity index (χ1n) is 9.29. The summed E-state index contributed by atoms with van der Waals surface area (Å²) in [5.41, 5.74) is 0.486. The lowest BCUT2D eigenvalue weighted by Gasteiger charge is -2.21. The van der Waals surface area contributed by atoms with E-state index in [1.54, 1.807) is 0 Å². The van der Waals surface area contributed by atoms with E-state index < -0.39 is 42.3 Å². The number of rotatable bonds is 11. The van der Waals surface area contributed by atoms with Gasteiger partial charge in [0.15, 0.2) is 0 Å². The van der Waals surface area contributed by atoms with Crippen molar-refractivity contribution in [2.75, 3.05) is 13.1 Å². The van der Waals surface area contributed by atoms with E-state index in [-0.39, 0.29) is 24.9 Å². The molecule has 3 atom stereocenters. The molecule has 13 heteroatoms. The summed E-state index contributed by atoms with van der Waals surface area (Å²) < 4.78 is 0. The molecule has 0 aliphatic carbocycles. The zero-order valence-corrected chi connectivity index (χ0v) is 16.0. The molecule has 2 rings (SSSR count). The maximum absolute atomic E-state index is 12.5. The van der Waals surface area contributed by atoms with E-state index in [0.717, 1.165) is 13.0 Å². The van der Waals surface area contributed by atoms with Crippen molar-refractivity contribution in [3.8, 4) is 0 Å². The molecule has 1 aliphatic heterocycles. The van der Waals surface area contributed by atoms with Crippen LogP contribution in [0.15, 0.2) is 12.5 Å². The molecule has 30 heavy (non-hydrogen) atoms. The molecule has 3 unspecified atom stereocenters. The number of carbonyl (C=O) groups excluding carboxylic acids is 3. The van der Waals surface area contributed by atoms with Crippen molar-refractivity contribution >= 4 is 29.7 Å². The molecule has 0 aromatic carbocycles. The fourth-order valence-corrected chi connectivity index (χ4v) is 2.92. The number of hydrogen-bond acceptors (Lipinski definition) is 7. The predicted octanol–water partition coefficient (Wildman–Crippen LogP) is -2.65. The Morgan fingerprint density at radius 2 is 1.93 bits per heavy atom. The molecule has 1 fully saturated rings. The Morgan fingerprint density at radius 3 is 2.50 bits per heavy atom. The Labute approximate surface area is 171 Å². The first-order chi connectivity index (χ1) is 14.3. The van der Waals surface area contributed by atoms with Crippen LogP contribution in [0, 0.1) is 0 Å². The predicted molar refractivity (Wildman–Crippen MR) is 100 cm³/mol. The zero-order chi connectivity index (χ0) is 22.1. The third-order valence-electron chi connectivity index (χ3n) is 4.42. The summed E-state index contributed by atoms with van der Waals surface area (Å²) in [5.74, 6) is -4.79. The number of imidazole rings is 1. The van der Waals surface area contributed by atoms with Crippen molar-refractivity contribution in [2.24, 2.45) is 0 Å². The van der Waals surface area contributed by atoms with Crippen LogP contribution in [0.2, 0.25) is 0 Å². The first-order valence-corrected chi connectivity index (χ1v) is 9.29. The van der Waals surface area contributed by atoms with Crippen molar-refractivity contribution in [2.45, 2.75) is 43.8 Å². The highest BCUT2D eigenvalue weighted by atomic mass is 16.4. The van der Waals surface area contributed by atoms with Gasteiger partial charge in [-0.3, -0.25) is 19.2 Å². The second-order valence-electron chi connectivity index (χ2n) is 6.77. The lowest BCUT2D eigenvalue weighted by atomic mass is 10.1. The minimum atomic E-state index is -1.66. The Kier molecular flexibility index (Phi) is 8.29. The van der Waals surface area contributed by atoms with E-state index >= 15 is 0 Å². The van der Waals surface area contributed by atoms with Crippen LogP contribution in [-0.4, -0.2) is 81.1 Å². The highest BCUT2D eigenvalue weighted by Gasteiger charge is 2.29. The first kappa shape index (κ1) is 22.8. The third-order valence-corrected chi connectivity index (χ3v) is 4.42. The largest absolute Gasteiger partial charge is 0.481 e. The van der Waals surface area contributed by atoms with Crippen molar-refractivity contribution in [1.82, 2.24) is 31.2 Å². The molecule has 1 aromatic heterocycles. The summed E-state index contributed by atoms with van der Waals surface area (Å²) >= 11 is 0. The number of nitrogens with zero attached hydrogens (tertiary/aromatic N) is 1. The van der Waals surface area contributed by atoms with Gasteiger partial charge in [-0.1, -0.05) is 0 Å². The molecule has 13 nitrogen and oxygen atoms in total. The van der Waals surface area contributed by atoms with Gasteiger partial charge in [0, 0.05) is 18.3 Å². The average molecular weight is 424 g/mol. The van der Waals surface area contributed by atoms with Crippen LogP contribution >= 0.6 is 0 Å². The number of aliphatic carboxylic acids is 2. The van der Waals surface area contributed by atoms with Gasteiger partial charge in [0.25, 0.3) is 0 Å². The van der Waals surface area contributed by atoms with E-state index in [1.807, 2.05) is 0 Å². The minimum absolute atomic E-state index is 0.0465. The Balaban J connectivity index is 1.98. The fourth-order valence-electron chi connectivity index (χ4n) is 2.92. The van der Waals surface area contributed by atoms with Crippen LogP contribution in [0.5, 0.6) is 0 Å². The summed E-state index contributed by atoms with van der Waals surface area (Å²) in [5, 5.41) is 27.9. The normalized spacial score (nSPS) is 17.5. The summed E-state index contributed by atoms with van der Waals surface area (Å²) in [7, 11) is 0. The van der Waals surface area contributed by atoms with Crippen LogP contribution in [0.4, 0.5) is 0 Å². The van der Waals surface area contributed by atoms with Crippen LogP contribution in [0.25, 0.3) is 0 Å². The van der Waals surface area contributed by atoms with Crippen LogP contribution in [0.1, 0.15) is 25.0 Å².